The molecule has 2 aromatic rings. The van der Waals surface area contributed by atoms with Gasteiger partial charge < -0.3 is 4.74 Å². The summed E-state index contributed by atoms with van der Waals surface area (Å²) in [6.07, 6.45) is 6.21. The number of ether oxygens (including phenoxy) is 1. The third-order valence-electron chi connectivity index (χ3n) is 5.43. The summed E-state index contributed by atoms with van der Waals surface area (Å²) in [5.41, 5.74) is 1.74. The normalized spacial score (nSPS) is 17.0. The first kappa shape index (κ1) is 19.9. The van der Waals surface area contributed by atoms with Gasteiger partial charge in [-0.05, 0) is 57.8 Å². The summed E-state index contributed by atoms with van der Waals surface area (Å²) in [5, 5.41) is 5.07. The SMILES string of the molecule is CCOC(=O)C1(Cc2ccccc2Cl)CCN(Cc2cnn(CC)c2)CC1. The van der Waals surface area contributed by atoms with Gasteiger partial charge >= 0.3 is 5.97 Å². The molecular formula is C21H28ClN3O2. The molecule has 2 heterocycles. The monoisotopic (exact) mass is 389 g/mol. The minimum Gasteiger partial charge on any atom is -0.466 e. The van der Waals surface area contributed by atoms with E-state index in [4.69, 9.17) is 16.3 Å². The lowest BCUT2D eigenvalue weighted by Gasteiger charge is -2.40. The zero-order valence-electron chi connectivity index (χ0n) is 16.2. The Hall–Kier alpha value is -1.85. The maximum absolute atomic E-state index is 12.8. The van der Waals surface area contributed by atoms with Gasteiger partial charge in [-0.1, -0.05) is 29.8 Å². The standard InChI is InChI=1S/C21H28ClN3O2/c1-3-25-16-17(14-23-25)15-24-11-9-21(10-12-24,20(26)27-4-2)13-18-7-5-6-8-19(18)22/h5-8,14,16H,3-4,9-13,15H2,1-2H3. The van der Waals surface area contributed by atoms with Crippen molar-refractivity contribution in [2.45, 2.75) is 46.2 Å². The van der Waals surface area contributed by atoms with Crippen molar-refractivity contribution in [2.24, 2.45) is 5.41 Å². The average molecular weight is 390 g/mol. The number of nitrogens with zero attached hydrogens (tertiary/aromatic N) is 3. The smallest absolute Gasteiger partial charge is 0.312 e. The van der Waals surface area contributed by atoms with E-state index in [1.165, 1.54) is 5.56 Å². The molecule has 1 saturated heterocycles. The number of aryl methyl sites for hydroxylation is 1. The number of esters is 1. The summed E-state index contributed by atoms with van der Waals surface area (Å²) >= 11 is 6.37. The lowest BCUT2D eigenvalue weighted by atomic mass is 9.73. The molecule has 1 fully saturated rings. The van der Waals surface area contributed by atoms with Gasteiger partial charge in [0.15, 0.2) is 0 Å². The van der Waals surface area contributed by atoms with E-state index in [0.717, 1.165) is 49.6 Å². The Balaban J connectivity index is 1.70. The van der Waals surface area contributed by atoms with E-state index in [-0.39, 0.29) is 5.97 Å². The zero-order chi connectivity index (χ0) is 19.3. The zero-order valence-corrected chi connectivity index (χ0v) is 16.9. The van der Waals surface area contributed by atoms with Crippen LogP contribution in [0, 0.1) is 5.41 Å². The molecule has 0 N–H and O–H groups in total. The van der Waals surface area contributed by atoms with Crippen molar-refractivity contribution in [3.63, 3.8) is 0 Å². The van der Waals surface area contributed by atoms with Gasteiger partial charge in [-0.25, -0.2) is 0 Å². The number of carbonyl (C=O) groups excluding carboxylic acids is 1. The minimum atomic E-state index is -0.495. The number of hydrogen-bond donors (Lipinski definition) is 0. The van der Waals surface area contributed by atoms with Crippen LogP contribution in [0.2, 0.25) is 5.02 Å². The Morgan fingerprint density at radius 3 is 2.63 bits per heavy atom. The average Bonchev–Trinajstić information content (AvgIpc) is 3.13. The molecule has 0 amide bonds. The van der Waals surface area contributed by atoms with E-state index in [2.05, 4.69) is 23.1 Å². The predicted molar refractivity (Wildman–Crippen MR) is 107 cm³/mol. The van der Waals surface area contributed by atoms with E-state index < -0.39 is 5.41 Å². The molecule has 1 aromatic carbocycles. The van der Waals surface area contributed by atoms with Gasteiger partial charge in [0.25, 0.3) is 0 Å². The number of aromatic nitrogens is 2. The highest BCUT2D eigenvalue weighted by atomic mass is 35.5. The topological polar surface area (TPSA) is 47.4 Å². The van der Waals surface area contributed by atoms with Crippen molar-refractivity contribution in [3.05, 3.63) is 52.8 Å². The summed E-state index contributed by atoms with van der Waals surface area (Å²) in [5.74, 6) is -0.0941. The molecular weight excluding hydrogens is 362 g/mol. The van der Waals surface area contributed by atoms with E-state index in [1.807, 2.05) is 42.1 Å². The maximum Gasteiger partial charge on any atom is 0.312 e. The van der Waals surface area contributed by atoms with Gasteiger partial charge in [0, 0.05) is 29.9 Å². The van der Waals surface area contributed by atoms with Crippen LogP contribution in [0.15, 0.2) is 36.7 Å². The predicted octanol–water partition coefficient (Wildman–Crippen LogP) is 3.94. The number of rotatable bonds is 7. The molecule has 0 atom stereocenters. The minimum absolute atomic E-state index is 0.0941. The molecule has 5 nitrogen and oxygen atoms in total. The Morgan fingerprint density at radius 1 is 1.26 bits per heavy atom. The number of benzene rings is 1. The van der Waals surface area contributed by atoms with E-state index in [9.17, 15) is 4.79 Å². The third kappa shape index (κ3) is 4.71. The van der Waals surface area contributed by atoms with Crippen molar-refractivity contribution in [1.29, 1.82) is 0 Å². The van der Waals surface area contributed by atoms with Crippen LogP contribution < -0.4 is 0 Å². The highest BCUT2D eigenvalue weighted by molar-refractivity contribution is 6.31. The third-order valence-corrected chi connectivity index (χ3v) is 5.79. The van der Waals surface area contributed by atoms with Crippen LogP contribution in [0.3, 0.4) is 0 Å². The van der Waals surface area contributed by atoms with Crippen LogP contribution in [-0.4, -0.2) is 40.3 Å². The first-order valence-corrected chi connectivity index (χ1v) is 10.1. The van der Waals surface area contributed by atoms with Crippen LogP contribution in [0.4, 0.5) is 0 Å². The Labute approximate surface area is 166 Å². The highest BCUT2D eigenvalue weighted by Gasteiger charge is 2.43. The lowest BCUT2D eigenvalue weighted by molar-refractivity contribution is -0.158. The molecule has 1 aliphatic rings. The summed E-state index contributed by atoms with van der Waals surface area (Å²) in [6, 6.07) is 7.79. The van der Waals surface area contributed by atoms with Gasteiger partial charge in [0.1, 0.15) is 0 Å². The molecule has 6 heteroatoms. The van der Waals surface area contributed by atoms with Gasteiger partial charge in [0.05, 0.1) is 18.2 Å². The molecule has 3 rings (SSSR count). The van der Waals surface area contributed by atoms with Crippen LogP contribution in [0.5, 0.6) is 0 Å². The van der Waals surface area contributed by atoms with Crippen molar-refractivity contribution in [2.75, 3.05) is 19.7 Å². The maximum atomic E-state index is 12.8. The van der Waals surface area contributed by atoms with E-state index in [1.54, 1.807) is 0 Å². The van der Waals surface area contributed by atoms with E-state index >= 15 is 0 Å². The molecule has 0 aliphatic carbocycles. The number of carbonyl (C=O) groups is 1. The van der Waals surface area contributed by atoms with Crippen LogP contribution in [0.25, 0.3) is 0 Å². The largest absolute Gasteiger partial charge is 0.466 e. The second kappa shape index (κ2) is 8.89. The Bertz CT molecular complexity index is 766. The molecule has 1 aliphatic heterocycles. The summed E-state index contributed by atoms with van der Waals surface area (Å²) in [7, 11) is 0. The highest BCUT2D eigenvalue weighted by Crippen LogP contribution is 2.38. The van der Waals surface area contributed by atoms with Crippen LogP contribution in [-0.2, 0) is 29.0 Å². The van der Waals surface area contributed by atoms with Crippen molar-refractivity contribution >= 4 is 17.6 Å². The quantitative estimate of drug-likeness (QED) is 0.673. The van der Waals surface area contributed by atoms with Gasteiger partial charge in [0.2, 0.25) is 0 Å². The van der Waals surface area contributed by atoms with Gasteiger partial charge in [-0.15, -0.1) is 0 Å². The molecule has 0 bridgehead atoms. The second-order valence-corrected chi connectivity index (χ2v) is 7.66. The van der Waals surface area contributed by atoms with Crippen LogP contribution in [0.1, 0.15) is 37.8 Å². The fourth-order valence-electron chi connectivity index (χ4n) is 3.80. The van der Waals surface area contributed by atoms with Crippen molar-refractivity contribution < 1.29 is 9.53 Å². The number of halogens is 1. The molecule has 0 radical (unpaired) electrons. The first-order valence-electron chi connectivity index (χ1n) is 9.70. The molecule has 0 saturated carbocycles. The summed E-state index contributed by atoms with van der Waals surface area (Å²) in [4.78, 5) is 15.2. The number of likely N-dealkylation sites (tertiary alicyclic amines) is 1. The van der Waals surface area contributed by atoms with Crippen molar-refractivity contribution in [1.82, 2.24) is 14.7 Å². The molecule has 0 unspecified atom stereocenters. The second-order valence-electron chi connectivity index (χ2n) is 7.25. The summed E-state index contributed by atoms with van der Waals surface area (Å²) in [6.45, 7) is 7.82. The van der Waals surface area contributed by atoms with Gasteiger partial charge in [-0.2, -0.15) is 5.10 Å². The number of hydrogen-bond acceptors (Lipinski definition) is 4. The van der Waals surface area contributed by atoms with Crippen molar-refractivity contribution in [3.8, 4) is 0 Å². The summed E-state index contributed by atoms with van der Waals surface area (Å²) < 4.78 is 7.40. The lowest BCUT2D eigenvalue weighted by Crippen LogP contribution is -2.46. The van der Waals surface area contributed by atoms with Gasteiger partial charge in [-0.3, -0.25) is 14.4 Å². The number of piperidine rings is 1. The fraction of sp³-hybridized carbons (Fsp3) is 0.524. The Kier molecular flexibility index (Phi) is 6.55. The van der Waals surface area contributed by atoms with E-state index in [0.29, 0.717) is 13.0 Å². The molecule has 1 aromatic heterocycles. The Morgan fingerprint density at radius 2 is 2.00 bits per heavy atom. The first-order chi connectivity index (χ1) is 13.1. The molecule has 27 heavy (non-hydrogen) atoms. The van der Waals surface area contributed by atoms with Crippen LogP contribution >= 0.6 is 11.6 Å². The fourth-order valence-corrected chi connectivity index (χ4v) is 4.00. The molecule has 0 spiro atoms. The molecule has 146 valence electrons.